The van der Waals surface area contributed by atoms with Gasteiger partial charge in [0.15, 0.2) is 0 Å². The van der Waals surface area contributed by atoms with Gasteiger partial charge in [-0.05, 0) is 135 Å². The van der Waals surface area contributed by atoms with Gasteiger partial charge in [0.25, 0.3) is 0 Å². The van der Waals surface area contributed by atoms with E-state index in [-0.39, 0.29) is 5.97 Å². The van der Waals surface area contributed by atoms with Gasteiger partial charge in [0.1, 0.15) is 0 Å². The molecular formula is C102H164O40. The van der Waals surface area contributed by atoms with Crippen LogP contribution < -0.4 is 0 Å². The minimum Gasteiger partial charge on any atom is -0.478 e. The van der Waals surface area contributed by atoms with Gasteiger partial charge in [0.05, 0.1) is 6.61 Å². The minimum atomic E-state index is -0.873. The van der Waals surface area contributed by atoms with E-state index in [4.69, 9.17) is 97.0 Å². The van der Waals surface area contributed by atoms with Crippen LogP contribution >= 0.6 is 0 Å². The maximum Gasteiger partial charge on any atom is 0.330 e. The van der Waals surface area contributed by atoms with E-state index in [1.165, 1.54) is 6.08 Å². The first-order valence-electron chi connectivity index (χ1n) is 44.3. The van der Waals surface area contributed by atoms with E-state index in [9.17, 15) is 95.9 Å². The van der Waals surface area contributed by atoms with Crippen molar-refractivity contribution in [3.05, 3.63) is 243 Å². The highest BCUT2D eigenvalue weighted by molar-refractivity contribution is 5.86. The fourth-order valence-corrected chi connectivity index (χ4v) is 4.56. The highest BCUT2D eigenvalue weighted by atomic mass is 16.5. The quantitative estimate of drug-likeness (QED) is 0.0200. The zero-order valence-electron chi connectivity index (χ0n) is 86.0. The molecule has 142 heavy (non-hydrogen) atoms. The zero-order valence-corrected chi connectivity index (χ0v) is 86.0. The maximum atomic E-state index is 10.5. The predicted molar refractivity (Wildman–Crippen MR) is 550 cm³/mol. The van der Waals surface area contributed by atoms with Crippen molar-refractivity contribution in [2.45, 2.75) is 274 Å². The minimum absolute atomic E-state index is 0.251. The Morgan fingerprint density at radius 2 is 0.176 bits per heavy atom. The molecule has 0 heterocycles. The van der Waals surface area contributed by atoms with E-state index < -0.39 is 113 Å². The lowest BCUT2D eigenvalue weighted by Crippen LogP contribution is -1.98. The van der Waals surface area contributed by atoms with Crippen LogP contribution in [-0.2, 0) is 101 Å². The molecular weight excluding hydrogens is 1870 g/mol. The smallest absolute Gasteiger partial charge is 0.330 e. The normalized spacial score (nSPS) is 9.87. The third kappa shape index (κ3) is 417. The highest BCUT2D eigenvalue weighted by Crippen LogP contribution is 1.89. The molecule has 0 saturated heterocycles. The second-order valence-corrected chi connectivity index (χ2v) is 23.4. The van der Waals surface area contributed by atoms with Crippen LogP contribution in [0.25, 0.3) is 0 Å². The van der Waals surface area contributed by atoms with E-state index in [1.54, 1.807) is 128 Å². The summed E-state index contributed by atoms with van der Waals surface area (Å²) < 4.78 is 4.62. The first-order valence-corrected chi connectivity index (χ1v) is 44.3. The number of carbonyl (C=O) groups excluding carboxylic acids is 1. The van der Waals surface area contributed by atoms with Crippen molar-refractivity contribution in [3.63, 3.8) is 0 Å². The summed E-state index contributed by atoms with van der Waals surface area (Å²) >= 11 is 0. The van der Waals surface area contributed by atoms with E-state index in [0.717, 1.165) is 244 Å². The highest BCUT2D eigenvalue weighted by Gasteiger charge is 1.92. The molecule has 0 atom stereocenters. The van der Waals surface area contributed by atoms with Crippen LogP contribution in [0, 0.1) is 0 Å². The standard InChI is InChI=1S/C7H12O2.19C5H8O2/c1-3-5-6-7(8)9-4-2;19*1-2-3-4-5(6)7/h5-6H,3-4H2,1-2H3;19*3-4H,2H2,1H3,(H,6,7). The number of aliphatic carboxylic acids is 19. The molecule has 0 unspecified atom stereocenters. The van der Waals surface area contributed by atoms with Crippen LogP contribution in [0.3, 0.4) is 0 Å². The average molecular weight is 2030 g/mol. The summed E-state index contributed by atoms with van der Waals surface area (Å²) in [6, 6.07) is 0. The summed E-state index contributed by atoms with van der Waals surface area (Å²) in [4.78, 5) is 194. The Morgan fingerprint density at radius 3 is 0.211 bits per heavy atom. The van der Waals surface area contributed by atoms with Crippen LogP contribution in [0.15, 0.2) is 243 Å². The molecule has 0 amide bonds. The summed E-state index contributed by atoms with van der Waals surface area (Å²) in [5, 5.41) is 151. The molecule has 0 spiro atoms. The molecule has 0 fully saturated rings. The molecule has 0 rings (SSSR count). The second kappa shape index (κ2) is 171. The summed E-state index contributed by atoms with van der Waals surface area (Å²) in [5.74, 6) is -16.8. The van der Waals surface area contributed by atoms with Gasteiger partial charge in [-0.25, -0.2) is 95.9 Å². The number of hydrogen-bond acceptors (Lipinski definition) is 21. The van der Waals surface area contributed by atoms with Crippen molar-refractivity contribution >= 4 is 119 Å². The Bertz CT molecular complexity index is 2830. The van der Waals surface area contributed by atoms with Crippen LogP contribution in [0.1, 0.15) is 274 Å². The Kier molecular flexibility index (Phi) is 212. The lowest BCUT2D eigenvalue weighted by atomic mass is 10.4. The number of esters is 1. The molecule has 0 aromatic carbocycles. The van der Waals surface area contributed by atoms with Crippen molar-refractivity contribution in [2.75, 3.05) is 6.61 Å². The molecule has 0 aliphatic heterocycles. The van der Waals surface area contributed by atoms with E-state index in [0.29, 0.717) is 6.61 Å². The third-order valence-electron chi connectivity index (χ3n) is 10.2. The van der Waals surface area contributed by atoms with Crippen molar-refractivity contribution in [2.24, 2.45) is 0 Å². The number of hydrogen-bond donors (Lipinski definition) is 19. The first kappa shape index (κ1) is 175. The van der Waals surface area contributed by atoms with E-state index in [1.807, 2.05) is 138 Å². The van der Waals surface area contributed by atoms with Crippen LogP contribution in [0.4, 0.5) is 0 Å². The SMILES string of the molecule is CCC=CC(=O)O.CCC=CC(=O)O.CCC=CC(=O)O.CCC=CC(=O)O.CCC=CC(=O)O.CCC=CC(=O)O.CCC=CC(=O)O.CCC=CC(=O)O.CCC=CC(=O)O.CCC=CC(=O)O.CCC=CC(=O)O.CCC=CC(=O)O.CCC=CC(=O)O.CCC=CC(=O)O.CCC=CC(=O)O.CCC=CC(=O)O.CCC=CC(=O)O.CCC=CC(=O)O.CCC=CC(=O)O.CCC=CC(=O)OCC. The molecule has 19 N–H and O–H groups in total. The number of carboxylic acids is 19. The number of rotatable bonds is 41. The first-order chi connectivity index (χ1) is 66.4. The molecule has 40 nitrogen and oxygen atoms in total. The molecule has 0 radical (unpaired) electrons. The largest absolute Gasteiger partial charge is 0.478 e. The third-order valence-corrected chi connectivity index (χ3v) is 10.2. The number of carbonyl (C=O) groups is 20. The molecule has 0 aromatic heterocycles. The van der Waals surface area contributed by atoms with Crippen LogP contribution in [0.2, 0.25) is 0 Å². The molecule has 0 aromatic rings. The monoisotopic (exact) mass is 2030 g/mol. The number of carboxylic acid groups (broad SMARTS) is 19. The predicted octanol–water partition coefficient (Wildman–Crippen LogP) is 21.2. The average Bonchev–Trinajstić information content (AvgIpc) is 1.07. The molecule has 812 valence electrons. The Morgan fingerprint density at radius 1 is 0.120 bits per heavy atom. The van der Waals surface area contributed by atoms with Gasteiger partial charge >= 0.3 is 119 Å². The molecule has 0 saturated carbocycles. The van der Waals surface area contributed by atoms with Gasteiger partial charge in [0, 0.05) is 122 Å². The zero-order chi connectivity index (χ0) is 115. The summed E-state index contributed by atoms with van der Waals surface area (Å²) in [7, 11) is 0. The lowest BCUT2D eigenvalue weighted by Gasteiger charge is -1.92. The van der Waals surface area contributed by atoms with Gasteiger partial charge in [-0.1, -0.05) is 260 Å². The maximum absolute atomic E-state index is 10.5. The number of allylic oxidation sites excluding steroid dienone is 20. The Labute approximate surface area is 836 Å². The fraction of sp³-hybridized carbons (Fsp3) is 0.412. The molecule has 0 aliphatic carbocycles. The Hall–Kier alpha value is -15.8. The summed E-state index contributed by atoms with van der Waals surface area (Å²) in [6.07, 6.45) is 71.0. The molecule has 0 aliphatic rings. The van der Waals surface area contributed by atoms with E-state index >= 15 is 0 Å². The van der Waals surface area contributed by atoms with Gasteiger partial charge < -0.3 is 102 Å². The van der Waals surface area contributed by atoms with Crippen LogP contribution in [0.5, 0.6) is 0 Å². The van der Waals surface area contributed by atoms with Crippen LogP contribution in [-0.4, -0.2) is 223 Å². The fourth-order valence-electron chi connectivity index (χ4n) is 4.56. The van der Waals surface area contributed by atoms with Crippen molar-refractivity contribution in [1.82, 2.24) is 0 Å². The van der Waals surface area contributed by atoms with Gasteiger partial charge in [-0.3, -0.25) is 0 Å². The van der Waals surface area contributed by atoms with Crippen molar-refractivity contribution in [1.29, 1.82) is 0 Å². The summed E-state index contributed by atoms with van der Waals surface area (Å²) in [5.41, 5.74) is 0. The van der Waals surface area contributed by atoms with Crippen molar-refractivity contribution in [3.8, 4) is 0 Å². The lowest BCUT2D eigenvalue weighted by molar-refractivity contribution is -0.137. The van der Waals surface area contributed by atoms with Crippen molar-refractivity contribution < 1.29 is 198 Å². The van der Waals surface area contributed by atoms with Gasteiger partial charge in [0.2, 0.25) is 0 Å². The topological polar surface area (TPSA) is 735 Å². The molecule has 0 bridgehead atoms. The van der Waals surface area contributed by atoms with Gasteiger partial charge in [-0.2, -0.15) is 0 Å². The van der Waals surface area contributed by atoms with E-state index in [2.05, 4.69) is 4.74 Å². The number of ether oxygens (including phenoxy) is 1. The molecule has 40 heteroatoms. The second-order valence-electron chi connectivity index (χ2n) is 23.4. The summed E-state index contributed by atoms with van der Waals surface area (Å²) in [6.45, 7) is 40.1. The Balaban J connectivity index is -0.0000000613. The van der Waals surface area contributed by atoms with Gasteiger partial charge in [-0.15, -0.1) is 0 Å².